The Labute approximate surface area is 142 Å². The average Bonchev–Trinajstić information content (AvgIpc) is 2.61. The number of nitro groups is 1. The van der Waals surface area contributed by atoms with Crippen molar-refractivity contribution >= 4 is 11.5 Å². The lowest BCUT2D eigenvalue weighted by molar-refractivity contribution is -0.384. The number of halogens is 3. The molecule has 0 spiro atoms. The molecule has 25 heavy (non-hydrogen) atoms. The Bertz CT molecular complexity index is 780. The Balaban J connectivity index is 2.02. The molecule has 1 saturated heterocycles. The summed E-state index contributed by atoms with van der Waals surface area (Å²) in [4.78, 5) is 16.6. The molecule has 1 aromatic carbocycles. The first-order valence-electron chi connectivity index (χ1n) is 7.91. The van der Waals surface area contributed by atoms with Crippen LogP contribution in [0.4, 0.5) is 24.7 Å². The van der Waals surface area contributed by atoms with E-state index in [9.17, 15) is 23.3 Å². The highest BCUT2D eigenvalue weighted by atomic mass is 19.4. The van der Waals surface area contributed by atoms with E-state index < -0.39 is 16.7 Å². The largest absolute Gasteiger partial charge is 0.416 e. The lowest BCUT2D eigenvalue weighted by Crippen LogP contribution is -2.34. The fourth-order valence-corrected chi connectivity index (χ4v) is 3.21. The van der Waals surface area contributed by atoms with Crippen LogP contribution >= 0.6 is 0 Å². The second-order valence-corrected chi connectivity index (χ2v) is 5.93. The van der Waals surface area contributed by atoms with Gasteiger partial charge in [-0.1, -0.05) is 12.1 Å². The third kappa shape index (κ3) is 3.57. The summed E-state index contributed by atoms with van der Waals surface area (Å²) in [6.07, 6.45) is -0.692. The van der Waals surface area contributed by atoms with Crippen molar-refractivity contribution in [1.82, 2.24) is 4.98 Å². The van der Waals surface area contributed by atoms with E-state index in [-0.39, 0.29) is 17.5 Å². The Kier molecular flexibility index (Phi) is 4.61. The molecule has 2 heterocycles. The Morgan fingerprint density at radius 1 is 1.20 bits per heavy atom. The number of rotatable bonds is 3. The van der Waals surface area contributed by atoms with Crippen LogP contribution in [0.5, 0.6) is 0 Å². The predicted octanol–water partition coefficient (Wildman–Crippen LogP) is 4.74. The van der Waals surface area contributed by atoms with Crippen molar-refractivity contribution < 1.29 is 18.1 Å². The predicted molar refractivity (Wildman–Crippen MR) is 86.3 cm³/mol. The molecule has 1 unspecified atom stereocenters. The fraction of sp³-hybridized carbons (Fsp3) is 0.353. The molecule has 1 aliphatic rings. The molecule has 0 amide bonds. The minimum atomic E-state index is -4.42. The number of aromatic nitrogens is 1. The van der Waals surface area contributed by atoms with E-state index in [0.29, 0.717) is 18.5 Å². The number of pyridine rings is 1. The van der Waals surface area contributed by atoms with Crippen LogP contribution in [0.25, 0.3) is 0 Å². The molecule has 8 heteroatoms. The van der Waals surface area contributed by atoms with Crippen LogP contribution in [0, 0.1) is 10.1 Å². The minimum Gasteiger partial charge on any atom is -0.344 e. The molecule has 0 aliphatic carbocycles. The molecule has 2 aromatic rings. The zero-order valence-electron chi connectivity index (χ0n) is 13.2. The van der Waals surface area contributed by atoms with Crippen LogP contribution in [-0.2, 0) is 6.18 Å². The van der Waals surface area contributed by atoms with Crippen molar-refractivity contribution in [2.45, 2.75) is 31.5 Å². The van der Waals surface area contributed by atoms with E-state index in [1.54, 1.807) is 11.0 Å². The summed E-state index contributed by atoms with van der Waals surface area (Å²) < 4.78 is 39.0. The summed E-state index contributed by atoms with van der Waals surface area (Å²) in [5, 5.41) is 11.3. The van der Waals surface area contributed by atoms with E-state index in [1.165, 1.54) is 24.4 Å². The topological polar surface area (TPSA) is 59.3 Å². The Morgan fingerprint density at radius 2 is 2.00 bits per heavy atom. The molecule has 3 rings (SSSR count). The lowest BCUT2D eigenvalue weighted by Gasteiger charge is -2.36. The summed E-state index contributed by atoms with van der Waals surface area (Å²) >= 11 is 0. The van der Waals surface area contributed by atoms with Gasteiger partial charge in [-0.3, -0.25) is 10.1 Å². The molecule has 1 fully saturated rings. The molecule has 5 nitrogen and oxygen atoms in total. The first kappa shape index (κ1) is 17.2. The smallest absolute Gasteiger partial charge is 0.344 e. The van der Waals surface area contributed by atoms with E-state index in [2.05, 4.69) is 4.98 Å². The molecule has 0 radical (unpaired) electrons. The average molecular weight is 351 g/mol. The van der Waals surface area contributed by atoms with Crippen LogP contribution in [-0.4, -0.2) is 16.5 Å². The molecule has 1 aliphatic heterocycles. The first-order valence-corrected chi connectivity index (χ1v) is 7.91. The Morgan fingerprint density at radius 3 is 2.72 bits per heavy atom. The fourth-order valence-electron chi connectivity index (χ4n) is 3.21. The maximum atomic E-state index is 13.0. The van der Waals surface area contributed by atoms with Crippen LogP contribution in [0.1, 0.15) is 36.4 Å². The maximum Gasteiger partial charge on any atom is 0.416 e. The summed E-state index contributed by atoms with van der Waals surface area (Å²) in [5.41, 5.74) is -0.359. The van der Waals surface area contributed by atoms with Gasteiger partial charge >= 0.3 is 11.9 Å². The van der Waals surface area contributed by atoms with Crippen LogP contribution < -0.4 is 4.90 Å². The number of benzene rings is 1. The number of nitrogens with zero attached hydrogens (tertiary/aromatic N) is 3. The van der Waals surface area contributed by atoms with Gasteiger partial charge in [0.15, 0.2) is 0 Å². The van der Waals surface area contributed by atoms with Gasteiger partial charge in [-0.2, -0.15) is 13.2 Å². The molecule has 0 bridgehead atoms. The van der Waals surface area contributed by atoms with Gasteiger partial charge in [-0.05, 0) is 43.0 Å². The van der Waals surface area contributed by atoms with Gasteiger partial charge in [-0.15, -0.1) is 0 Å². The minimum absolute atomic E-state index is 0.138. The Hall–Kier alpha value is -2.64. The van der Waals surface area contributed by atoms with E-state index >= 15 is 0 Å². The third-order valence-corrected chi connectivity index (χ3v) is 4.34. The number of alkyl halides is 3. The lowest BCUT2D eigenvalue weighted by atomic mass is 9.94. The molecule has 1 aromatic heterocycles. The quantitative estimate of drug-likeness (QED) is 0.592. The summed E-state index contributed by atoms with van der Waals surface area (Å²) in [7, 11) is 0. The van der Waals surface area contributed by atoms with Crippen LogP contribution in [0.2, 0.25) is 0 Å². The van der Waals surface area contributed by atoms with Crippen molar-refractivity contribution in [3.63, 3.8) is 0 Å². The maximum absolute atomic E-state index is 13.0. The molecule has 132 valence electrons. The second kappa shape index (κ2) is 6.70. The number of hydrogen-bond donors (Lipinski definition) is 0. The summed E-state index contributed by atoms with van der Waals surface area (Å²) in [6.45, 7) is 0.513. The molecular formula is C17H16F3N3O2. The monoisotopic (exact) mass is 351 g/mol. The molecule has 1 atom stereocenters. The van der Waals surface area contributed by atoms with E-state index in [0.717, 1.165) is 25.0 Å². The van der Waals surface area contributed by atoms with E-state index in [1.807, 2.05) is 0 Å². The normalized spacial score (nSPS) is 18.2. The van der Waals surface area contributed by atoms with Crippen LogP contribution in [0.3, 0.4) is 0 Å². The van der Waals surface area contributed by atoms with Gasteiger partial charge in [0.1, 0.15) is 0 Å². The van der Waals surface area contributed by atoms with Crippen molar-refractivity contribution in [3.05, 3.63) is 63.8 Å². The van der Waals surface area contributed by atoms with E-state index in [4.69, 9.17) is 0 Å². The molecule has 0 saturated carbocycles. The van der Waals surface area contributed by atoms with Gasteiger partial charge in [0.05, 0.1) is 16.5 Å². The van der Waals surface area contributed by atoms with Gasteiger partial charge in [-0.25, -0.2) is 4.98 Å². The highest BCUT2D eigenvalue weighted by Gasteiger charge is 2.34. The van der Waals surface area contributed by atoms with Gasteiger partial charge in [0, 0.05) is 18.8 Å². The van der Waals surface area contributed by atoms with Crippen molar-refractivity contribution in [3.8, 4) is 0 Å². The van der Waals surface area contributed by atoms with Gasteiger partial charge < -0.3 is 4.90 Å². The van der Waals surface area contributed by atoms with Crippen molar-refractivity contribution in [2.24, 2.45) is 0 Å². The summed E-state index contributed by atoms with van der Waals surface area (Å²) in [5.74, 6) is 0.203. The zero-order valence-corrected chi connectivity index (χ0v) is 13.2. The highest BCUT2D eigenvalue weighted by molar-refractivity contribution is 5.59. The first-order chi connectivity index (χ1) is 11.9. The van der Waals surface area contributed by atoms with Crippen LogP contribution in [0.15, 0.2) is 42.6 Å². The van der Waals surface area contributed by atoms with Gasteiger partial charge in [0.25, 0.3) is 0 Å². The molecular weight excluding hydrogens is 335 g/mol. The third-order valence-electron chi connectivity index (χ3n) is 4.34. The number of anilines is 1. The summed E-state index contributed by atoms with van der Waals surface area (Å²) in [6, 6.07) is 7.62. The van der Waals surface area contributed by atoms with Crippen molar-refractivity contribution in [2.75, 3.05) is 11.4 Å². The number of hydrogen-bond acceptors (Lipinski definition) is 4. The zero-order chi connectivity index (χ0) is 18.0. The van der Waals surface area contributed by atoms with Gasteiger partial charge in [0.2, 0.25) is 5.82 Å². The SMILES string of the molecule is O=[N+]([O-])c1cccnc1N1CCCCC1c1cccc(C(F)(F)F)c1. The second-order valence-electron chi connectivity index (χ2n) is 5.93. The van der Waals surface area contributed by atoms with Crippen molar-refractivity contribution in [1.29, 1.82) is 0 Å². The standard InChI is InChI=1S/C17H16F3N3O2/c18-17(19,20)13-6-3-5-12(11-13)14-7-1-2-10-22(14)16-15(23(24)25)8-4-9-21-16/h3-6,8-9,11,14H,1-2,7,10H2. The highest BCUT2D eigenvalue weighted by Crippen LogP contribution is 2.39. The number of piperidine rings is 1. The molecule has 0 N–H and O–H groups in total.